The number of amides is 1. The highest BCUT2D eigenvalue weighted by atomic mass is 16.5. The Bertz CT molecular complexity index is 587. The first-order valence-electron chi connectivity index (χ1n) is 7.82. The fraction of sp³-hybridized carbons (Fsp3) is 0.316. The molecule has 1 fully saturated rings. The summed E-state index contributed by atoms with van der Waals surface area (Å²) in [6, 6.07) is 18.8. The Morgan fingerprint density at radius 1 is 0.955 bits per heavy atom. The second kappa shape index (κ2) is 7.12. The average molecular weight is 295 g/mol. The van der Waals surface area contributed by atoms with Crippen LogP contribution in [-0.4, -0.2) is 30.5 Å². The van der Waals surface area contributed by atoms with Crippen LogP contribution in [0.25, 0.3) is 0 Å². The highest BCUT2D eigenvalue weighted by molar-refractivity contribution is 5.47. The van der Waals surface area contributed by atoms with Crippen LogP contribution in [0.5, 0.6) is 5.75 Å². The summed E-state index contributed by atoms with van der Waals surface area (Å²) in [5.74, 6) is 0.918. The minimum atomic E-state index is 0.219. The predicted molar refractivity (Wildman–Crippen MR) is 87.0 cm³/mol. The second-order valence-corrected chi connectivity index (χ2v) is 5.76. The van der Waals surface area contributed by atoms with E-state index in [0.29, 0.717) is 0 Å². The molecule has 2 aromatic rings. The number of hydrogen-bond donors (Lipinski definition) is 0. The molecule has 3 rings (SSSR count). The molecular weight excluding hydrogens is 274 g/mol. The number of rotatable bonds is 5. The van der Waals surface area contributed by atoms with E-state index in [2.05, 4.69) is 36.4 Å². The summed E-state index contributed by atoms with van der Waals surface area (Å²) in [6.45, 7) is 1.58. The van der Waals surface area contributed by atoms with Crippen LogP contribution in [0.15, 0.2) is 54.6 Å². The van der Waals surface area contributed by atoms with Crippen LogP contribution in [0.1, 0.15) is 24.0 Å². The maximum absolute atomic E-state index is 10.7. The van der Waals surface area contributed by atoms with Crippen LogP contribution in [0.3, 0.4) is 0 Å². The first kappa shape index (κ1) is 14.6. The van der Waals surface area contributed by atoms with Gasteiger partial charge in [0.15, 0.2) is 0 Å². The zero-order valence-electron chi connectivity index (χ0n) is 12.7. The van der Waals surface area contributed by atoms with Gasteiger partial charge in [-0.1, -0.05) is 42.5 Å². The van der Waals surface area contributed by atoms with Crippen molar-refractivity contribution in [2.45, 2.75) is 25.4 Å². The van der Waals surface area contributed by atoms with Crippen LogP contribution in [0, 0.1) is 0 Å². The van der Waals surface area contributed by atoms with Gasteiger partial charge >= 0.3 is 0 Å². The van der Waals surface area contributed by atoms with Crippen molar-refractivity contribution in [3.05, 3.63) is 65.7 Å². The number of hydrogen-bond acceptors (Lipinski definition) is 2. The molecule has 0 saturated carbocycles. The molecule has 2 aromatic carbocycles. The van der Waals surface area contributed by atoms with Crippen LogP contribution in [-0.2, 0) is 11.2 Å². The minimum Gasteiger partial charge on any atom is -0.490 e. The Labute approximate surface area is 131 Å². The van der Waals surface area contributed by atoms with E-state index in [9.17, 15) is 4.79 Å². The quantitative estimate of drug-likeness (QED) is 0.792. The Balaban J connectivity index is 1.54. The average Bonchev–Trinajstić information content (AvgIpc) is 2.58. The molecule has 0 radical (unpaired) electrons. The number of likely N-dealkylation sites (tertiary alicyclic amines) is 1. The molecule has 1 heterocycles. The Kier molecular flexibility index (Phi) is 4.74. The highest BCUT2D eigenvalue weighted by Gasteiger charge is 2.19. The van der Waals surface area contributed by atoms with E-state index in [1.807, 2.05) is 23.1 Å². The molecule has 22 heavy (non-hydrogen) atoms. The lowest BCUT2D eigenvalue weighted by Crippen LogP contribution is -2.37. The molecule has 0 spiro atoms. The summed E-state index contributed by atoms with van der Waals surface area (Å²) < 4.78 is 6.01. The zero-order valence-corrected chi connectivity index (χ0v) is 12.7. The number of carbonyl (C=O) groups excluding carboxylic acids is 1. The van der Waals surface area contributed by atoms with Crippen molar-refractivity contribution >= 4 is 6.41 Å². The van der Waals surface area contributed by atoms with Gasteiger partial charge in [0.1, 0.15) is 11.9 Å². The van der Waals surface area contributed by atoms with Crippen LogP contribution < -0.4 is 4.74 Å². The largest absolute Gasteiger partial charge is 0.490 e. The van der Waals surface area contributed by atoms with Gasteiger partial charge in [0.25, 0.3) is 0 Å². The summed E-state index contributed by atoms with van der Waals surface area (Å²) in [7, 11) is 0. The van der Waals surface area contributed by atoms with Gasteiger partial charge in [-0.3, -0.25) is 4.79 Å². The third-order valence-corrected chi connectivity index (χ3v) is 4.10. The topological polar surface area (TPSA) is 29.5 Å². The summed E-state index contributed by atoms with van der Waals surface area (Å²) >= 11 is 0. The number of carbonyl (C=O) groups is 1. The van der Waals surface area contributed by atoms with E-state index in [1.54, 1.807) is 0 Å². The minimum absolute atomic E-state index is 0.219. The Morgan fingerprint density at radius 2 is 1.59 bits per heavy atom. The van der Waals surface area contributed by atoms with Crippen molar-refractivity contribution in [2.24, 2.45) is 0 Å². The standard InChI is InChI=1S/C19H21NO2/c21-15-20-12-10-19(11-13-20)22-18-8-6-17(7-9-18)14-16-4-2-1-3-5-16/h1-9,15,19H,10-14H2. The predicted octanol–water partition coefficient (Wildman–Crippen LogP) is 3.28. The van der Waals surface area contributed by atoms with Crippen LogP contribution in [0.2, 0.25) is 0 Å². The van der Waals surface area contributed by atoms with Gasteiger partial charge in [-0.15, -0.1) is 0 Å². The molecule has 0 aromatic heterocycles. The molecule has 0 aliphatic carbocycles. The van der Waals surface area contributed by atoms with Gasteiger partial charge in [-0.2, -0.15) is 0 Å². The SMILES string of the molecule is O=CN1CCC(Oc2ccc(Cc3ccccc3)cc2)CC1. The fourth-order valence-corrected chi connectivity index (χ4v) is 2.81. The second-order valence-electron chi connectivity index (χ2n) is 5.76. The summed E-state index contributed by atoms with van der Waals surface area (Å²) in [5, 5.41) is 0. The Hall–Kier alpha value is -2.29. The number of nitrogens with zero attached hydrogens (tertiary/aromatic N) is 1. The van der Waals surface area contributed by atoms with E-state index in [0.717, 1.165) is 44.5 Å². The van der Waals surface area contributed by atoms with E-state index >= 15 is 0 Å². The van der Waals surface area contributed by atoms with Crippen molar-refractivity contribution in [1.29, 1.82) is 0 Å². The summed E-state index contributed by atoms with van der Waals surface area (Å²) in [4.78, 5) is 12.5. The maximum atomic E-state index is 10.7. The highest BCUT2D eigenvalue weighted by Crippen LogP contribution is 2.20. The summed E-state index contributed by atoms with van der Waals surface area (Å²) in [5.41, 5.74) is 2.60. The van der Waals surface area contributed by atoms with E-state index in [4.69, 9.17) is 4.74 Å². The maximum Gasteiger partial charge on any atom is 0.209 e. The first-order chi connectivity index (χ1) is 10.8. The Morgan fingerprint density at radius 3 is 2.23 bits per heavy atom. The monoisotopic (exact) mass is 295 g/mol. The molecule has 0 atom stereocenters. The lowest BCUT2D eigenvalue weighted by atomic mass is 10.0. The van der Waals surface area contributed by atoms with Gasteiger partial charge in [0.05, 0.1) is 0 Å². The van der Waals surface area contributed by atoms with Crippen LogP contribution in [0.4, 0.5) is 0 Å². The first-order valence-corrected chi connectivity index (χ1v) is 7.82. The van der Waals surface area contributed by atoms with Gasteiger partial charge in [0, 0.05) is 25.9 Å². The van der Waals surface area contributed by atoms with Gasteiger partial charge in [-0.05, 0) is 29.7 Å². The third kappa shape index (κ3) is 3.88. The molecule has 0 unspecified atom stereocenters. The van der Waals surface area contributed by atoms with E-state index in [1.165, 1.54) is 11.1 Å². The zero-order chi connectivity index (χ0) is 15.2. The molecule has 0 bridgehead atoms. The third-order valence-electron chi connectivity index (χ3n) is 4.10. The van der Waals surface area contributed by atoms with Gasteiger partial charge in [-0.25, -0.2) is 0 Å². The van der Waals surface area contributed by atoms with Gasteiger partial charge in [0.2, 0.25) is 6.41 Å². The molecular formula is C19H21NO2. The molecule has 1 amide bonds. The molecule has 3 heteroatoms. The van der Waals surface area contributed by atoms with Crippen molar-refractivity contribution in [3.63, 3.8) is 0 Å². The van der Waals surface area contributed by atoms with Crippen molar-refractivity contribution in [3.8, 4) is 5.75 Å². The van der Waals surface area contributed by atoms with Crippen molar-refractivity contribution in [1.82, 2.24) is 4.90 Å². The molecule has 1 aliphatic rings. The molecule has 1 aliphatic heterocycles. The molecule has 114 valence electrons. The fourth-order valence-electron chi connectivity index (χ4n) is 2.81. The van der Waals surface area contributed by atoms with Crippen LogP contribution >= 0.6 is 0 Å². The smallest absolute Gasteiger partial charge is 0.209 e. The molecule has 3 nitrogen and oxygen atoms in total. The van der Waals surface area contributed by atoms with E-state index < -0.39 is 0 Å². The lowest BCUT2D eigenvalue weighted by Gasteiger charge is -2.29. The normalized spacial score (nSPS) is 15.5. The molecule has 1 saturated heterocycles. The van der Waals surface area contributed by atoms with E-state index in [-0.39, 0.29) is 6.10 Å². The van der Waals surface area contributed by atoms with Gasteiger partial charge < -0.3 is 9.64 Å². The number of ether oxygens (including phenoxy) is 1. The number of benzene rings is 2. The summed E-state index contributed by atoms with van der Waals surface area (Å²) in [6.07, 6.45) is 3.90. The number of piperidine rings is 1. The lowest BCUT2D eigenvalue weighted by molar-refractivity contribution is -0.119. The van der Waals surface area contributed by atoms with Crippen molar-refractivity contribution in [2.75, 3.05) is 13.1 Å². The van der Waals surface area contributed by atoms with Crippen molar-refractivity contribution < 1.29 is 9.53 Å². The molecule has 0 N–H and O–H groups in total.